The lowest BCUT2D eigenvalue weighted by molar-refractivity contribution is 0.0433. The van der Waals surface area contributed by atoms with E-state index in [-0.39, 0.29) is 11.9 Å². The van der Waals surface area contributed by atoms with E-state index in [2.05, 4.69) is 15.9 Å². The van der Waals surface area contributed by atoms with E-state index in [1.165, 1.54) is 0 Å². The number of nitrogens with zero attached hydrogens (tertiary/aromatic N) is 1. The van der Waals surface area contributed by atoms with Crippen LogP contribution in [0.25, 0.3) is 0 Å². The molecule has 2 aliphatic rings. The first-order chi connectivity index (χ1) is 10.0. The van der Waals surface area contributed by atoms with Gasteiger partial charge in [0.2, 0.25) is 0 Å². The van der Waals surface area contributed by atoms with Gasteiger partial charge in [0.15, 0.2) is 5.78 Å². The third kappa shape index (κ3) is 2.64. The van der Waals surface area contributed by atoms with Crippen LogP contribution in [0.2, 0.25) is 0 Å². The number of amides is 1. The summed E-state index contributed by atoms with van der Waals surface area (Å²) in [7, 11) is 0. The summed E-state index contributed by atoms with van der Waals surface area (Å²) in [6.45, 7) is 3.07. The summed E-state index contributed by atoms with van der Waals surface area (Å²) in [4.78, 5) is 25.8. The quantitative estimate of drug-likeness (QED) is 0.778. The Morgan fingerprint density at radius 1 is 1.52 bits per heavy atom. The summed E-state index contributed by atoms with van der Waals surface area (Å²) >= 11 is 3.36. The van der Waals surface area contributed by atoms with Gasteiger partial charge < -0.3 is 14.4 Å². The topological polar surface area (TPSA) is 55.8 Å². The minimum atomic E-state index is -0.606. The van der Waals surface area contributed by atoms with E-state index < -0.39 is 5.60 Å². The van der Waals surface area contributed by atoms with Crippen molar-refractivity contribution in [2.45, 2.75) is 25.4 Å². The Hall–Kier alpha value is -1.56. The molecule has 1 saturated heterocycles. The fourth-order valence-electron chi connectivity index (χ4n) is 2.91. The lowest BCUT2D eigenvalue weighted by atomic mass is 9.89. The number of Topliss-reactive ketones (excluding diaryl/α,β-unsaturated/α-hetero) is 1. The molecule has 1 fully saturated rings. The first-order valence-electron chi connectivity index (χ1n) is 6.96. The predicted octanol–water partition coefficient (Wildman–Crippen LogP) is 3.02. The molecule has 21 heavy (non-hydrogen) atoms. The van der Waals surface area contributed by atoms with Gasteiger partial charge >= 0.3 is 6.09 Å². The van der Waals surface area contributed by atoms with E-state index in [4.69, 9.17) is 9.47 Å². The van der Waals surface area contributed by atoms with Crippen LogP contribution in [-0.2, 0) is 4.74 Å². The second-order valence-corrected chi connectivity index (χ2v) is 6.31. The highest BCUT2D eigenvalue weighted by molar-refractivity contribution is 9.10. The molecule has 0 bridgehead atoms. The maximum Gasteiger partial charge on any atom is 0.409 e. The summed E-state index contributed by atoms with van der Waals surface area (Å²) in [6.07, 6.45) is 0.603. The van der Waals surface area contributed by atoms with Gasteiger partial charge in [0.05, 0.1) is 25.1 Å². The van der Waals surface area contributed by atoms with Crippen LogP contribution in [-0.4, -0.2) is 42.1 Å². The van der Waals surface area contributed by atoms with Crippen LogP contribution in [0.15, 0.2) is 22.7 Å². The lowest BCUT2D eigenvalue weighted by Crippen LogP contribution is -2.45. The van der Waals surface area contributed by atoms with Gasteiger partial charge in [-0.25, -0.2) is 4.79 Å². The van der Waals surface area contributed by atoms with E-state index >= 15 is 0 Å². The highest BCUT2D eigenvalue weighted by Gasteiger charge is 2.47. The van der Waals surface area contributed by atoms with Crippen LogP contribution >= 0.6 is 15.9 Å². The number of rotatable bonds is 1. The standard InChI is InChI=1S/C15H16BrNO4/c1-2-20-14(19)17-6-5-15(9-17)8-12(18)11-7-10(16)3-4-13(11)21-15/h3-4,7H,2,5-6,8-9H2,1H3. The first-order valence-corrected chi connectivity index (χ1v) is 7.76. The van der Waals surface area contributed by atoms with E-state index in [9.17, 15) is 9.59 Å². The Morgan fingerprint density at radius 3 is 3.10 bits per heavy atom. The average molecular weight is 354 g/mol. The second kappa shape index (κ2) is 5.33. The van der Waals surface area contributed by atoms with Crippen LogP contribution in [0.4, 0.5) is 4.79 Å². The molecule has 1 amide bonds. The molecule has 0 aromatic heterocycles. The molecule has 1 atom stereocenters. The molecule has 112 valence electrons. The number of carbonyl (C=O) groups is 2. The van der Waals surface area contributed by atoms with E-state index in [0.717, 1.165) is 4.47 Å². The number of carbonyl (C=O) groups excluding carboxylic acids is 2. The Morgan fingerprint density at radius 2 is 2.33 bits per heavy atom. The molecule has 1 aromatic rings. The highest BCUT2D eigenvalue weighted by atomic mass is 79.9. The van der Waals surface area contributed by atoms with Crippen molar-refractivity contribution in [2.24, 2.45) is 0 Å². The molecular weight excluding hydrogens is 338 g/mol. The van der Waals surface area contributed by atoms with Crippen molar-refractivity contribution in [3.8, 4) is 5.75 Å². The third-order valence-corrected chi connectivity index (χ3v) is 4.39. The summed E-state index contributed by atoms with van der Waals surface area (Å²) in [6, 6.07) is 5.43. The van der Waals surface area contributed by atoms with Crippen molar-refractivity contribution in [3.63, 3.8) is 0 Å². The van der Waals surface area contributed by atoms with Gasteiger partial charge in [0.25, 0.3) is 0 Å². The maximum atomic E-state index is 12.4. The number of halogens is 1. The highest BCUT2D eigenvalue weighted by Crippen LogP contribution is 2.39. The van der Waals surface area contributed by atoms with Gasteiger partial charge in [-0.2, -0.15) is 0 Å². The molecule has 0 aliphatic carbocycles. The fraction of sp³-hybridized carbons (Fsp3) is 0.467. The molecule has 3 rings (SSSR count). The van der Waals surface area contributed by atoms with Gasteiger partial charge in [-0.05, 0) is 25.1 Å². The SMILES string of the molecule is CCOC(=O)N1CCC2(CC(=O)c3cc(Br)ccc3O2)C1. The van der Waals surface area contributed by atoms with Gasteiger partial charge in [-0.15, -0.1) is 0 Å². The zero-order chi connectivity index (χ0) is 15.0. The molecule has 2 aliphatic heterocycles. The molecule has 1 spiro atoms. The molecule has 5 nitrogen and oxygen atoms in total. The van der Waals surface area contributed by atoms with Crippen LogP contribution in [0, 0.1) is 0 Å². The van der Waals surface area contributed by atoms with Crippen molar-refractivity contribution in [3.05, 3.63) is 28.2 Å². The zero-order valence-corrected chi connectivity index (χ0v) is 13.3. The molecule has 0 radical (unpaired) electrons. The number of hydrogen-bond acceptors (Lipinski definition) is 4. The van der Waals surface area contributed by atoms with Crippen LogP contribution in [0.3, 0.4) is 0 Å². The normalized spacial score (nSPS) is 23.9. The Kier molecular flexibility index (Phi) is 3.65. The zero-order valence-electron chi connectivity index (χ0n) is 11.7. The molecule has 1 unspecified atom stereocenters. The maximum absolute atomic E-state index is 12.4. The summed E-state index contributed by atoms with van der Waals surface area (Å²) in [5.74, 6) is 0.656. The second-order valence-electron chi connectivity index (χ2n) is 5.40. The molecule has 1 aromatic carbocycles. The average Bonchev–Trinajstić information content (AvgIpc) is 2.84. The van der Waals surface area contributed by atoms with Crippen molar-refractivity contribution < 1.29 is 19.1 Å². The summed E-state index contributed by atoms with van der Waals surface area (Å²) in [5.41, 5.74) is -0.00501. The predicted molar refractivity (Wildman–Crippen MR) is 79.7 cm³/mol. The molecule has 0 N–H and O–H groups in total. The first kappa shape index (κ1) is 14.4. The van der Waals surface area contributed by atoms with Crippen LogP contribution in [0.1, 0.15) is 30.1 Å². The third-order valence-electron chi connectivity index (χ3n) is 3.89. The van der Waals surface area contributed by atoms with Crippen LogP contribution < -0.4 is 4.74 Å². The Labute approximate surface area is 131 Å². The smallest absolute Gasteiger partial charge is 0.409 e. The van der Waals surface area contributed by atoms with Gasteiger partial charge in [0, 0.05) is 17.4 Å². The number of ketones is 1. The van der Waals surface area contributed by atoms with Crippen molar-refractivity contribution in [1.82, 2.24) is 4.90 Å². The van der Waals surface area contributed by atoms with Crippen molar-refractivity contribution in [1.29, 1.82) is 0 Å². The van der Waals surface area contributed by atoms with E-state index in [1.807, 2.05) is 6.07 Å². The number of hydrogen-bond donors (Lipinski definition) is 0. The number of benzene rings is 1. The monoisotopic (exact) mass is 353 g/mol. The lowest BCUT2D eigenvalue weighted by Gasteiger charge is -2.34. The summed E-state index contributed by atoms with van der Waals surface area (Å²) < 4.78 is 11.9. The fourth-order valence-corrected chi connectivity index (χ4v) is 3.27. The van der Waals surface area contributed by atoms with Crippen molar-refractivity contribution >= 4 is 27.8 Å². The molecular formula is C15H16BrNO4. The van der Waals surface area contributed by atoms with E-state index in [0.29, 0.717) is 43.9 Å². The summed E-state index contributed by atoms with van der Waals surface area (Å²) in [5, 5.41) is 0. The Balaban J connectivity index is 1.81. The minimum absolute atomic E-state index is 0.0586. The van der Waals surface area contributed by atoms with Gasteiger partial charge in [-0.3, -0.25) is 4.79 Å². The van der Waals surface area contributed by atoms with E-state index in [1.54, 1.807) is 24.0 Å². The molecule has 6 heteroatoms. The largest absolute Gasteiger partial charge is 0.484 e. The number of fused-ring (bicyclic) bond motifs is 1. The van der Waals surface area contributed by atoms with Crippen molar-refractivity contribution in [2.75, 3.05) is 19.7 Å². The van der Waals surface area contributed by atoms with Gasteiger partial charge in [0.1, 0.15) is 11.4 Å². The number of ether oxygens (including phenoxy) is 2. The minimum Gasteiger partial charge on any atom is -0.484 e. The number of likely N-dealkylation sites (tertiary alicyclic amines) is 1. The Bertz CT molecular complexity index is 603. The molecule has 0 saturated carbocycles. The van der Waals surface area contributed by atoms with Crippen LogP contribution in [0.5, 0.6) is 5.75 Å². The van der Waals surface area contributed by atoms with Gasteiger partial charge in [-0.1, -0.05) is 15.9 Å². The molecule has 2 heterocycles.